The van der Waals surface area contributed by atoms with Crippen molar-refractivity contribution in [1.29, 1.82) is 0 Å². The van der Waals surface area contributed by atoms with Crippen molar-refractivity contribution >= 4 is 35.4 Å². The van der Waals surface area contributed by atoms with Crippen LogP contribution in [0.4, 0.5) is 0 Å². The number of thiocarbonyl (C=S) groups is 1. The number of para-hydroxylation sites is 1. The van der Waals surface area contributed by atoms with Crippen LogP contribution >= 0.6 is 12.2 Å². The second kappa shape index (κ2) is 8.72. The molecule has 9 nitrogen and oxygen atoms in total. The molecule has 0 bridgehead atoms. The SMILES string of the molecule is CCOC(=O)c1[nH]n(-c2ccccc2)c(=O)c1C=NC(=S)NNC(C)=O. The molecule has 0 atom stereocenters. The number of carbonyl (C=O) groups excluding carboxylic acids is 2. The molecule has 0 aliphatic rings. The lowest BCUT2D eigenvalue weighted by Gasteiger charge is -2.02. The van der Waals surface area contributed by atoms with Gasteiger partial charge in [-0.1, -0.05) is 18.2 Å². The summed E-state index contributed by atoms with van der Waals surface area (Å²) >= 11 is 4.92. The molecule has 136 valence electrons. The molecule has 1 heterocycles. The average Bonchev–Trinajstić information content (AvgIpc) is 2.95. The van der Waals surface area contributed by atoms with Crippen LogP contribution in [0.25, 0.3) is 5.69 Å². The van der Waals surface area contributed by atoms with Gasteiger partial charge in [-0.2, -0.15) is 0 Å². The highest BCUT2D eigenvalue weighted by atomic mass is 32.1. The van der Waals surface area contributed by atoms with Crippen LogP contribution in [0, 0.1) is 0 Å². The van der Waals surface area contributed by atoms with Gasteiger partial charge in [0.05, 0.1) is 17.9 Å². The van der Waals surface area contributed by atoms with Crippen LogP contribution in [0.2, 0.25) is 0 Å². The minimum atomic E-state index is -0.693. The lowest BCUT2D eigenvalue weighted by Crippen LogP contribution is -2.38. The smallest absolute Gasteiger partial charge is 0.357 e. The van der Waals surface area contributed by atoms with Crippen molar-refractivity contribution in [3.05, 3.63) is 51.9 Å². The fourth-order valence-corrected chi connectivity index (χ4v) is 2.09. The molecule has 0 radical (unpaired) electrons. The Balaban J connectivity index is 2.41. The molecule has 1 amide bonds. The van der Waals surface area contributed by atoms with Crippen molar-refractivity contribution in [2.75, 3.05) is 6.61 Å². The van der Waals surface area contributed by atoms with Crippen LogP contribution in [-0.4, -0.2) is 39.6 Å². The third-order valence-electron chi connectivity index (χ3n) is 3.08. The van der Waals surface area contributed by atoms with Gasteiger partial charge in [-0.05, 0) is 31.3 Å². The summed E-state index contributed by atoms with van der Waals surface area (Å²) in [6, 6.07) is 8.73. The van der Waals surface area contributed by atoms with Crippen molar-refractivity contribution < 1.29 is 14.3 Å². The highest BCUT2D eigenvalue weighted by Gasteiger charge is 2.20. The zero-order chi connectivity index (χ0) is 19.1. The zero-order valence-electron chi connectivity index (χ0n) is 14.1. The number of aromatic amines is 1. The Morgan fingerprint density at radius 2 is 2.00 bits per heavy atom. The van der Waals surface area contributed by atoms with Crippen LogP contribution in [0.1, 0.15) is 29.9 Å². The van der Waals surface area contributed by atoms with Crippen molar-refractivity contribution in [3.8, 4) is 5.69 Å². The Hall–Kier alpha value is -3.27. The van der Waals surface area contributed by atoms with Crippen LogP contribution < -0.4 is 16.4 Å². The van der Waals surface area contributed by atoms with Gasteiger partial charge < -0.3 is 4.74 Å². The van der Waals surface area contributed by atoms with Gasteiger partial charge in [0.25, 0.3) is 5.56 Å². The van der Waals surface area contributed by atoms with Crippen LogP contribution in [0.5, 0.6) is 0 Å². The van der Waals surface area contributed by atoms with E-state index >= 15 is 0 Å². The van der Waals surface area contributed by atoms with Crippen molar-refractivity contribution in [2.24, 2.45) is 4.99 Å². The molecule has 2 aromatic rings. The van der Waals surface area contributed by atoms with Crippen molar-refractivity contribution in [3.63, 3.8) is 0 Å². The van der Waals surface area contributed by atoms with Gasteiger partial charge in [0, 0.05) is 13.1 Å². The van der Waals surface area contributed by atoms with E-state index in [0.29, 0.717) is 5.69 Å². The molecule has 0 aliphatic heterocycles. The molecule has 0 saturated heterocycles. The maximum Gasteiger partial charge on any atom is 0.357 e. The molecule has 10 heteroatoms. The summed E-state index contributed by atoms with van der Waals surface area (Å²) in [5.41, 5.74) is 4.63. The highest BCUT2D eigenvalue weighted by Crippen LogP contribution is 2.08. The van der Waals surface area contributed by atoms with Gasteiger partial charge in [-0.3, -0.25) is 25.5 Å². The third-order valence-corrected chi connectivity index (χ3v) is 3.28. The van der Waals surface area contributed by atoms with E-state index in [9.17, 15) is 14.4 Å². The van der Waals surface area contributed by atoms with Gasteiger partial charge >= 0.3 is 5.97 Å². The number of rotatable bonds is 4. The number of hydrazine groups is 1. The van der Waals surface area contributed by atoms with E-state index in [1.165, 1.54) is 11.6 Å². The Kier molecular flexibility index (Phi) is 6.39. The highest BCUT2D eigenvalue weighted by molar-refractivity contribution is 7.80. The van der Waals surface area contributed by atoms with Gasteiger partial charge in [-0.25, -0.2) is 14.5 Å². The van der Waals surface area contributed by atoms with E-state index in [1.54, 1.807) is 37.3 Å². The normalized spacial score (nSPS) is 10.5. The molecule has 0 saturated carbocycles. The Labute approximate surface area is 154 Å². The van der Waals surface area contributed by atoms with E-state index in [0.717, 1.165) is 6.21 Å². The number of nitrogens with zero attached hydrogens (tertiary/aromatic N) is 2. The summed E-state index contributed by atoms with van der Waals surface area (Å²) in [4.78, 5) is 39.6. The Morgan fingerprint density at radius 3 is 2.62 bits per heavy atom. The predicted molar refractivity (Wildman–Crippen MR) is 99.5 cm³/mol. The number of H-pyrrole nitrogens is 1. The summed E-state index contributed by atoms with van der Waals surface area (Å²) < 4.78 is 6.18. The molecule has 0 spiro atoms. The quantitative estimate of drug-likeness (QED) is 0.313. The summed E-state index contributed by atoms with van der Waals surface area (Å²) in [5, 5.41) is 2.65. The van der Waals surface area contributed by atoms with E-state index in [1.807, 2.05) is 0 Å². The molecule has 3 N–H and O–H groups in total. The van der Waals surface area contributed by atoms with Gasteiger partial charge in [0.1, 0.15) is 0 Å². The van der Waals surface area contributed by atoms with E-state index in [-0.39, 0.29) is 28.9 Å². The zero-order valence-corrected chi connectivity index (χ0v) is 14.9. The van der Waals surface area contributed by atoms with Gasteiger partial charge in [0.2, 0.25) is 11.0 Å². The first-order chi connectivity index (χ1) is 12.4. The van der Waals surface area contributed by atoms with Crippen LogP contribution in [-0.2, 0) is 9.53 Å². The van der Waals surface area contributed by atoms with Gasteiger partial charge in [0.15, 0.2) is 5.69 Å². The summed E-state index contributed by atoms with van der Waals surface area (Å²) in [7, 11) is 0. The van der Waals surface area contributed by atoms with Crippen LogP contribution in [0.15, 0.2) is 40.1 Å². The molecule has 0 unspecified atom stereocenters. The second-order valence-electron chi connectivity index (χ2n) is 4.97. The molecular weight excluding hydrogens is 358 g/mol. The molecule has 1 aromatic carbocycles. The number of nitrogens with one attached hydrogen (secondary N) is 3. The first-order valence-corrected chi connectivity index (χ1v) is 8.03. The number of hydrogen-bond acceptors (Lipinski definition) is 5. The molecule has 0 aliphatic carbocycles. The number of ether oxygens (including phenoxy) is 1. The van der Waals surface area contributed by atoms with Gasteiger partial charge in [-0.15, -0.1) is 0 Å². The maximum atomic E-state index is 12.7. The molecule has 2 rings (SSSR count). The van der Waals surface area contributed by atoms with Crippen molar-refractivity contribution in [2.45, 2.75) is 13.8 Å². The minimum absolute atomic E-state index is 0.0146. The van der Waals surface area contributed by atoms with Crippen LogP contribution in [0.3, 0.4) is 0 Å². The lowest BCUT2D eigenvalue weighted by molar-refractivity contribution is -0.119. The number of hydrogen-bond donors (Lipinski definition) is 3. The minimum Gasteiger partial charge on any atom is -0.461 e. The number of aromatic nitrogens is 2. The Morgan fingerprint density at radius 1 is 1.31 bits per heavy atom. The summed E-state index contributed by atoms with van der Waals surface area (Å²) in [6.45, 7) is 3.10. The van der Waals surface area contributed by atoms with E-state index in [4.69, 9.17) is 17.0 Å². The fourth-order valence-electron chi connectivity index (χ4n) is 1.98. The van der Waals surface area contributed by atoms with Crippen molar-refractivity contribution in [1.82, 2.24) is 20.6 Å². The summed E-state index contributed by atoms with van der Waals surface area (Å²) in [5.74, 6) is -1.05. The monoisotopic (exact) mass is 375 g/mol. The van der Waals surface area contributed by atoms with E-state index in [2.05, 4.69) is 20.9 Å². The first kappa shape index (κ1) is 19.1. The van der Waals surface area contributed by atoms with E-state index < -0.39 is 11.5 Å². The number of esters is 1. The molecule has 0 fully saturated rings. The lowest BCUT2D eigenvalue weighted by atomic mass is 10.2. The average molecular weight is 375 g/mol. The fraction of sp³-hybridized carbons (Fsp3) is 0.188. The molecule has 26 heavy (non-hydrogen) atoms. The summed E-state index contributed by atoms with van der Waals surface area (Å²) in [6.07, 6.45) is 1.14. The number of benzene rings is 1. The largest absolute Gasteiger partial charge is 0.461 e. The molecular formula is C16H17N5O4S. The number of carbonyl (C=O) groups is 2. The maximum absolute atomic E-state index is 12.7. The predicted octanol–water partition coefficient (Wildman–Crippen LogP) is 0.687. The number of amides is 1. The standard InChI is InChI=1S/C16H17N5O4S/c1-3-25-15(24)13-12(9-17-16(26)19-18-10(2)22)14(23)21(20-13)11-7-5-4-6-8-11/h4-9,20H,3H2,1-2H3,(H,18,22)(H,19,26). The molecule has 1 aromatic heterocycles. The topological polar surface area (TPSA) is 118 Å². The number of aliphatic imine (C=N–C) groups is 1. The first-order valence-electron chi connectivity index (χ1n) is 7.62. The second-order valence-corrected chi connectivity index (χ2v) is 5.35. The Bertz CT molecular complexity index is 901. The third kappa shape index (κ3) is 4.63.